The van der Waals surface area contributed by atoms with Crippen LogP contribution in [0.5, 0.6) is 0 Å². The van der Waals surface area contributed by atoms with Gasteiger partial charge in [-0.15, -0.1) is 0 Å². The first-order valence-electron chi connectivity index (χ1n) is 5.03. The highest BCUT2D eigenvalue weighted by molar-refractivity contribution is 9.10. The van der Waals surface area contributed by atoms with Crippen LogP contribution in [-0.2, 0) is 7.05 Å². The molecule has 0 saturated heterocycles. The van der Waals surface area contributed by atoms with Crippen LogP contribution >= 0.6 is 27.5 Å². The number of nitrogen functional groups attached to an aromatic ring is 1. The second-order valence-corrected chi connectivity index (χ2v) is 4.86. The lowest BCUT2D eigenvalue weighted by Crippen LogP contribution is -2.15. The first kappa shape index (κ1) is 12.9. The number of aromatic nitrogens is 2. The zero-order chi connectivity index (χ0) is 13.3. The molecule has 1 amide bonds. The predicted octanol–water partition coefficient (Wildman–Crippen LogP) is 2.67. The normalized spacial score (nSPS) is 10.4. The van der Waals surface area contributed by atoms with Crippen LogP contribution in [0.4, 0.5) is 11.4 Å². The zero-order valence-corrected chi connectivity index (χ0v) is 11.8. The summed E-state index contributed by atoms with van der Waals surface area (Å²) in [7, 11) is 1.70. The van der Waals surface area contributed by atoms with Crippen LogP contribution in [0.2, 0.25) is 5.02 Å². The summed E-state index contributed by atoms with van der Waals surface area (Å²) in [5.74, 6) is -0.379. The van der Waals surface area contributed by atoms with Crippen LogP contribution in [-0.4, -0.2) is 15.7 Å². The quantitative estimate of drug-likeness (QED) is 0.889. The van der Waals surface area contributed by atoms with E-state index in [4.69, 9.17) is 17.3 Å². The molecule has 0 radical (unpaired) electrons. The molecule has 0 bridgehead atoms. The van der Waals surface area contributed by atoms with Crippen LogP contribution < -0.4 is 11.1 Å². The van der Waals surface area contributed by atoms with Gasteiger partial charge in [-0.05, 0) is 28.1 Å². The highest BCUT2D eigenvalue weighted by atomic mass is 79.9. The zero-order valence-electron chi connectivity index (χ0n) is 9.45. The third kappa shape index (κ3) is 2.49. The van der Waals surface area contributed by atoms with E-state index in [0.717, 1.165) is 0 Å². The molecular weight excluding hydrogens is 320 g/mol. The molecule has 1 aromatic carbocycles. The van der Waals surface area contributed by atoms with Gasteiger partial charge < -0.3 is 11.1 Å². The summed E-state index contributed by atoms with van der Waals surface area (Å²) in [5, 5.41) is 7.20. The van der Waals surface area contributed by atoms with Crippen molar-refractivity contribution in [1.29, 1.82) is 0 Å². The lowest BCUT2D eigenvalue weighted by molar-refractivity contribution is 0.102. The van der Waals surface area contributed by atoms with Gasteiger partial charge in [-0.1, -0.05) is 17.7 Å². The smallest absolute Gasteiger partial charge is 0.278 e. The van der Waals surface area contributed by atoms with E-state index in [1.165, 1.54) is 4.68 Å². The number of nitrogens with two attached hydrogens (primary N) is 1. The number of hydrogen-bond acceptors (Lipinski definition) is 3. The molecule has 2 aromatic rings. The van der Waals surface area contributed by atoms with E-state index in [0.29, 0.717) is 20.9 Å². The minimum Gasteiger partial charge on any atom is -0.396 e. The molecule has 0 aliphatic carbocycles. The number of nitrogens with one attached hydrogen (secondary N) is 1. The second-order valence-electron chi connectivity index (χ2n) is 3.66. The van der Waals surface area contributed by atoms with E-state index in [2.05, 4.69) is 26.3 Å². The van der Waals surface area contributed by atoms with Gasteiger partial charge in [0.15, 0.2) is 5.69 Å². The first-order valence-corrected chi connectivity index (χ1v) is 6.20. The molecule has 18 heavy (non-hydrogen) atoms. The molecule has 0 atom stereocenters. The fraction of sp³-hybridized carbons (Fsp3) is 0.0909. The van der Waals surface area contributed by atoms with Gasteiger partial charge in [0.05, 0.1) is 20.9 Å². The van der Waals surface area contributed by atoms with Gasteiger partial charge >= 0.3 is 0 Å². The van der Waals surface area contributed by atoms with Crippen molar-refractivity contribution in [2.45, 2.75) is 0 Å². The fourth-order valence-electron chi connectivity index (χ4n) is 1.47. The van der Waals surface area contributed by atoms with Crippen molar-refractivity contribution < 1.29 is 4.79 Å². The van der Waals surface area contributed by atoms with Gasteiger partial charge in [0.2, 0.25) is 0 Å². The number of benzene rings is 1. The van der Waals surface area contributed by atoms with Crippen molar-refractivity contribution in [2.24, 2.45) is 7.05 Å². The number of anilines is 2. The number of nitrogens with zero attached hydrogens (tertiary/aromatic N) is 2. The lowest BCUT2D eigenvalue weighted by Gasteiger charge is -2.07. The maximum atomic E-state index is 12.0. The van der Waals surface area contributed by atoms with Gasteiger partial charge in [0.1, 0.15) is 0 Å². The van der Waals surface area contributed by atoms with E-state index >= 15 is 0 Å². The van der Waals surface area contributed by atoms with Crippen molar-refractivity contribution >= 4 is 44.8 Å². The molecule has 5 nitrogen and oxygen atoms in total. The van der Waals surface area contributed by atoms with Gasteiger partial charge in [-0.25, -0.2) is 0 Å². The molecule has 0 saturated carbocycles. The van der Waals surface area contributed by atoms with Crippen molar-refractivity contribution in [3.8, 4) is 0 Å². The summed E-state index contributed by atoms with van der Waals surface area (Å²) >= 11 is 9.24. The molecule has 0 spiro atoms. The Kier molecular flexibility index (Phi) is 3.58. The van der Waals surface area contributed by atoms with E-state index < -0.39 is 0 Å². The Hall–Kier alpha value is -1.53. The molecule has 0 aliphatic heterocycles. The summed E-state index contributed by atoms with van der Waals surface area (Å²) in [6.45, 7) is 0. The van der Waals surface area contributed by atoms with Gasteiger partial charge in [-0.2, -0.15) is 5.10 Å². The Morgan fingerprint density at radius 2 is 2.28 bits per heavy atom. The number of halogens is 2. The Morgan fingerprint density at radius 1 is 1.56 bits per heavy atom. The molecule has 94 valence electrons. The summed E-state index contributed by atoms with van der Waals surface area (Å²) in [5.41, 5.74) is 6.76. The molecule has 2 rings (SSSR count). The van der Waals surface area contributed by atoms with E-state index in [9.17, 15) is 4.79 Å². The minimum atomic E-state index is -0.379. The lowest BCUT2D eigenvalue weighted by atomic mass is 10.3. The van der Waals surface area contributed by atoms with Crippen LogP contribution in [0, 0.1) is 0 Å². The van der Waals surface area contributed by atoms with Crippen molar-refractivity contribution in [1.82, 2.24) is 9.78 Å². The Bertz CT molecular complexity index is 611. The molecule has 3 N–H and O–H groups in total. The molecule has 1 heterocycles. The Morgan fingerprint density at radius 3 is 2.89 bits per heavy atom. The van der Waals surface area contributed by atoms with Crippen LogP contribution in [0.3, 0.4) is 0 Å². The highest BCUT2D eigenvalue weighted by Gasteiger charge is 2.15. The third-order valence-electron chi connectivity index (χ3n) is 2.27. The summed E-state index contributed by atoms with van der Waals surface area (Å²) in [6, 6.07) is 5.19. The molecule has 0 unspecified atom stereocenters. The fourth-order valence-corrected chi connectivity index (χ4v) is 2.00. The number of carbonyl (C=O) groups excluding carboxylic acids is 1. The number of hydrogen-bond donors (Lipinski definition) is 2. The van der Waals surface area contributed by atoms with E-state index in [1.807, 2.05) is 0 Å². The standard InChI is InChI=1S/C11H10BrClN4O/c1-17-5-7(14)10(16-17)11(18)15-8-4-2-3-6(13)9(8)12/h2-5H,14H2,1H3,(H,15,18). The van der Waals surface area contributed by atoms with Crippen LogP contribution in [0.25, 0.3) is 0 Å². The molecular formula is C11H10BrClN4O. The number of aryl methyl sites for hydroxylation is 1. The maximum Gasteiger partial charge on any atom is 0.278 e. The molecule has 7 heteroatoms. The predicted molar refractivity (Wildman–Crippen MR) is 74.7 cm³/mol. The van der Waals surface area contributed by atoms with Gasteiger partial charge in [0, 0.05) is 13.2 Å². The van der Waals surface area contributed by atoms with Gasteiger partial charge in [0.25, 0.3) is 5.91 Å². The Labute approximate surface area is 117 Å². The largest absolute Gasteiger partial charge is 0.396 e. The molecule has 1 aromatic heterocycles. The van der Waals surface area contributed by atoms with Gasteiger partial charge in [-0.3, -0.25) is 9.48 Å². The van der Waals surface area contributed by atoms with Crippen molar-refractivity contribution in [3.05, 3.63) is 39.6 Å². The van der Waals surface area contributed by atoms with Crippen LogP contribution in [0.15, 0.2) is 28.9 Å². The topological polar surface area (TPSA) is 72.9 Å². The number of carbonyl (C=O) groups is 1. The SMILES string of the molecule is Cn1cc(N)c(C(=O)Nc2cccc(Cl)c2Br)n1. The van der Waals surface area contributed by atoms with Crippen molar-refractivity contribution in [3.63, 3.8) is 0 Å². The second kappa shape index (κ2) is 4.99. The first-order chi connectivity index (χ1) is 8.49. The molecule has 0 fully saturated rings. The minimum absolute atomic E-state index is 0.185. The third-order valence-corrected chi connectivity index (χ3v) is 3.67. The van der Waals surface area contributed by atoms with Crippen molar-refractivity contribution in [2.75, 3.05) is 11.1 Å². The summed E-state index contributed by atoms with van der Waals surface area (Å²) in [6.07, 6.45) is 1.57. The van der Waals surface area contributed by atoms with Crippen LogP contribution in [0.1, 0.15) is 10.5 Å². The maximum absolute atomic E-state index is 12.0. The van der Waals surface area contributed by atoms with E-state index in [-0.39, 0.29) is 11.6 Å². The number of amides is 1. The summed E-state index contributed by atoms with van der Waals surface area (Å²) in [4.78, 5) is 12.0. The molecule has 0 aliphatic rings. The van der Waals surface area contributed by atoms with E-state index in [1.54, 1.807) is 31.4 Å². The highest BCUT2D eigenvalue weighted by Crippen LogP contribution is 2.30. The average Bonchev–Trinajstić information content (AvgIpc) is 2.64. The Balaban J connectivity index is 2.27. The number of rotatable bonds is 2. The summed E-state index contributed by atoms with van der Waals surface area (Å²) < 4.78 is 2.10. The average molecular weight is 330 g/mol. The monoisotopic (exact) mass is 328 g/mol.